The molecule has 0 aliphatic rings. The lowest BCUT2D eigenvalue weighted by molar-refractivity contribution is 0.597. The molecule has 2 N–H and O–H groups in total. The third-order valence-electron chi connectivity index (χ3n) is 4.06. The first-order valence-corrected chi connectivity index (χ1v) is 10.9. The summed E-state index contributed by atoms with van der Waals surface area (Å²) in [6, 6.07) is 16.7. The van der Waals surface area contributed by atoms with E-state index in [1.807, 2.05) is 12.1 Å². The second-order valence-corrected chi connectivity index (χ2v) is 9.83. The zero-order chi connectivity index (χ0) is 19.2. The van der Waals surface area contributed by atoms with E-state index >= 15 is 0 Å². The molecule has 0 fully saturated rings. The van der Waals surface area contributed by atoms with E-state index in [4.69, 9.17) is 9.56 Å². The minimum Gasteiger partial charge on any atom is -0.455 e. The van der Waals surface area contributed by atoms with Crippen molar-refractivity contribution in [2.75, 3.05) is 0 Å². The van der Waals surface area contributed by atoms with E-state index in [1.54, 1.807) is 36.4 Å². The Morgan fingerprint density at radius 2 is 1.67 bits per heavy atom. The minimum absolute atomic E-state index is 0.00481. The number of fused-ring (bicyclic) bond motifs is 1. The van der Waals surface area contributed by atoms with Crippen molar-refractivity contribution in [1.29, 1.82) is 0 Å². The van der Waals surface area contributed by atoms with Gasteiger partial charge in [-0.25, -0.2) is 13.6 Å². The van der Waals surface area contributed by atoms with E-state index in [1.165, 1.54) is 23.5 Å². The second kappa shape index (κ2) is 6.72. The van der Waals surface area contributed by atoms with Gasteiger partial charge in [0.2, 0.25) is 15.5 Å². The van der Waals surface area contributed by atoms with Crippen LogP contribution in [-0.4, -0.2) is 8.42 Å². The molecular weight excluding hydrogens is 450 g/mol. The van der Waals surface area contributed by atoms with E-state index in [-0.39, 0.29) is 10.3 Å². The second-order valence-electron chi connectivity index (χ2n) is 5.80. The van der Waals surface area contributed by atoms with Gasteiger partial charge >= 0.3 is 0 Å². The van der Waals surface area contributed by atoms with Crippen LogP contribution in [0.2, 0.25) is 0 Å². The molecule has 0 spiro atoms. The molecule has 0 atom stereocenters. The van der Waals surface area contributed by atoms with E-state index in [2.05, 4.69) is 15.9 Å². The summed E-state index contributed by atoms with van der Waals surface area (Å²) in [6.45, 7) is 0. The predicted molar refractivity (Wildman–Crippen MR) is 110 cm³/mol. The molecule has 0 radical (unpaired) electrons. The standard InChI is InChI=1S/C19H12BrNO4S2/c20-16-10-9-15(26-16)17-18(22)13-3-1-2-4-14(13)25-19(17)11-5-7-12(8-6-11)27(21,23)24/h1-10H,(H2,21,23,24). The number of halogens is 1. The van der Waals surface area contributed by atoms with Crippen molar-refractivity contribution in [3.8, 4) is 21.8 Å². The number of nitrogens with two attached hydrogens (primary N) is 1. The lowest BCUT2D eigenvalue weighted by Crippen LogP contribution is -2.11. The molecule has 0 amide bonds. The summed E-state index contributed by atoms with van der Waals surface area (Å²) in [4.78, 5) is 13.9. The number of para-hydroxylation sites is 1. The Labute approximate surface area is 167 Å². The van der Waals surface area contributed by atoms with Crippen molar-refractivity contribution < 1.29 is 12.8 Å². The van der Waals surface area contributed by atoms with Crippen molar-refractivity contribution in [1.82, 2.24) is 0 Å². The topological polar surface area (TPSA) is 90.4 Å². The van der Waals surface area contributed by atoms with Gasteiger partial charge in [0.05, 0.1) is 19.6 Å². The molecular formula is C19H12BrNO4S2. The summed E-state index contributed by atoms with van der Waals surface area (Å²) >= 11 is 4.84. The van der Waals surface area contributed by atoms with Crippen LogP contribution in [0.25, 0.3) is 32.7 Å². The van der Waals surface area contributed by atoms with Crippen molar-refractivity contribution in [3.05, 3.63) is 74.7 Å². The van der Waals surface area contributed by atoms with Crippen molar-refractivity contribution in [2.24, 2.45) is 5.14 Å². The van der Waals surface area contributed by atoms with E-state index in [0.29, 0.717) is 27.9 Å². The number of hydrogen-bond donors (Lipinski definition) is 1. The van der Waals surface area contributed by atoms with Crippen molar-refractivity contribution >= 4 is 48.3 Å². The quantitative estimate of drug-likeness (QED) is 0.482. The van der Waals surface area contributed by atoms with Crippen molar-refractivity contribution in [3.63, 3.8) is 0 Å². The monoisotopic (exact) mass is 461 g/mol. The average molecular weight is 462 g/mol. The van der Waals surface area contributed by atoms with Crippen LogP contribution in [0.4, 0.5) is 0 Å². The van der Waals surface area contributed by atoms with Gasteiger partial charge in [0.1, 0.15) is 11.3 Å². The van der Waals surface area contributed by atoms with Crippen LogP contribution < -0.4 is 10.6 Å². The maximum Gasteiger partial charge on any atom is 0.238 e. The highest BCUT2D eigenvalue weighted by Gasteiger charge is 2.19. The Morgan fingerprint density at radius 1 is 0.963 bits per heavy atom. The Morgan fingerprint density at radius 3 is 2.30 bits per heavy atom. The number of sulfonamides is 1. The fourth-order valence-electron chi connectivity index (χ4n) is 2.81. The first kappa shape index (κ1) is 18.1. The predicted octanol–water partition coefficient (Wildman–Crippen LogP) is 4.60. The highest BCUT2D eigenvalue weighted by atomic mass is 79.9. The lowest BCUT2D eigenvalue weighted by atomic mass is 10.0. The number of thiophene rings is 1. The molecule has 0 saturated carbocycles. The fraction of sp³-hybridized carbons (Fsp3) is 0. The van der Waals surface area contributed by atoms with Crippen LogP contribution in [0.5, 0.6) is 0 Å². The van der Waals surface area contributed by atoms with Crippen LogP contribution in [-0.2, 0) is 10.0 Å². The van der Waals surface area contributed by atoms with Crippen LogP contribution in [0, 0.1) is 0 Å². The summed E-state index contributed by atoms with van der Waals surface area (Å²) in [6.07, 6.45) is 0. The highest BCUT2D eigenvalue weighted by Crippen LogP contribution is 2.37. The molecule has 136 valence electrons. The molecule has 4 aromatic rings. The SMILES string of the molecule is NS(=O)(=O)c1ccc(-c2oc3ccccc3c(=O)c2-c2ccc(Br)s2)cc1. The van der Waals surface area contributed by atoms with Crippen molar-refractivity contribution in [2.45, 2.75) is 4.90 Å². The van der Waals surface area contributed by atoms with Gasteiger partial charge in [0, 0.05) is 10.4 Å². The zero-order valence-corrected chi connectivity index (χ0v) is 16.9. The number of rotatable bonds is 3. The van der Waals surface area contributed by atoms with Crippen LogP contribution >= 0.6 is 27.3 Å². The van der Waals surface area contributed by atoms with Gasteiger partial charge in [-0.3, -0.25) is 4.79 Å². The van der Waals surface area contributed by atoms with Crippen LogP contribution in [0.1, 0.15) is 0 Å². The van der Waals surface area contributed by atoms with E-state index in [0.717, 1.165) is 8.66 Å². The third-order valence-corrected chi connectivity index (χ3v) is 6.63. The molecule has 2 aromatic carbocycles. The Balaban J connectivity index is 2.03. The van der Waals surface area contributed by atoms with Gasteiger partial charge in [0.15, 0.2) is 0 Å². The van der Waals surface area contributed by atoms with Gasteiger partial charge in [0.25, 0.3) is 0 Å². The van der Waals surface area contributed by atoms with Gasteiger partial charge in [-0.05, 0) is 64.5 Å². The maximum absolute atomic E-state index is 13.2. The normalized spacial score (nSPS) is 11.8. The molecule has 4 rings (SSSR count). The molecule has 5 nitrogen and oxygen atoms in total. The van der Waals surface area contributed by atoms with Gasteiger partial charge in [-0.1, -0.05) is 12.1 Å². The highest BCUT2D eigenvalue weighted by molar-refractivity contribution is 9.11. The fourth-order valence-corrected chi connectivity index (χ4v) is 4.75. The average Bonchev–Trinajstić information content (AvgIpc) is 3.07. The molecule has 8 heteroatoms. The molecule has 27 heavy (non-hydrogen) atoms. The molecule has 0 saturated heterocycles. The lowest BCUT2D eigenvalue weighted by Gasteiger charge is -2.09. The smallest absolute Gasteiger partial charge is 0.238 e. The summed E-state index contributed by atoms with van der Waals surface area (Å²) < 4.78 is 30.0. The van der Waals surface area contributed by atoms with Crippen LogP contribution in [0.3, 0.4) is 0 Å². The van der Waals surface area contributed by atoms with Gasteiger partial charge in [-0.2, -0.15) is 0 Å². The van der Waals surface area contributed by atoms with E-state index in [9.17, 15) is 13.2 Å². The van der Waals surface area contributed by atoms with Crippen LogP contribution in [0.15, 0.2) is 78.6 Å². The van der Waals surface area contributed by atoms with Gasteiger partial charge in [-0.15, -0.1) is 11.3 Å². The Hall–Kier alpha value is -2.26. The molecule has 0 aliphatic carbocycles. The van der Waals surface area contributed by atoms with E-state index < -0.39 is 10.0 Å². The zero-order valence-electron chi connectivity index (χ0n) is 13.7. The molecule has 0 unspecified atom stereocenters. The number of benzene rings is 2. The first-order valence-electron chi connectivity index (χ1n) is 7.79. The summed E-state index contributed by atoms with van der Waals surface area (Å²) in [5.74, 6) is 0.383. The Kier molecular flexibility index (Phi) is 4.51. The molecule has 0 aliphatic heterocycles. The third kappa shape index (κ3) is 3.37. The van der Waals surface area contributed by atoms with Gasteiger partial charge < -0.3 is 4.42 Å². The molecule has 0 bridgehead atoms. The minimum atomic E-state index is -3.80. The largest absolute Gasteiger partial charge is 0.455 e. The number of primary sulfonamides is 1. The molecule has 2 aromatic heterocycles. The Bertz CT molecular complexity index is 1320. The number of hydrogen-bond acceptors (Lipinski definition) is 5. The first-order chi connectivity index (χ1) is 12.8. The summed E-state index contributed by atoms with van der Waals surface area (Å²) in [5, 5.41) is 5.65. The maximum atomic E-state index is 13.2. The molecule has 2 heterocycles. The summed E-state index contributed by atoms with van der Waals surface area (Å²) in [7, 11) is -3.80. The summed E-state index contributed by atoms with van der Waals surface area (Å²) in [5.41, 5.74) is 1.35.